The van der Waals surface area contributed by atoms with Gasteiger partial charge in [0.25, 0.3) is 11.8 Å². The number of hydrogen-bond donors (Lipinski definition) is 2. The zero-order valence-electron chi connectivity index (χ0n) is 18.7. The summed E-state index contributed by atoms with van der Waals surface area (Å²) >= 11 is 0. The summed E-state index contributed by atoms with van der Waals surface area (Å²) < 4.78 is 24.8. The quantitative estimate of drug-likeness (QED) is 0.478. The van der Waals surface area contributed by atoms with Gasteiger partial charge in [-0.1, -0.05) is 12.1 Å². The van der Waals surface area contributed by atoms with E-state index < -0.39 is 11.7 Å². The lowest BCUT2D eigenvalue weighted by molar-refractivity contribution is 0.0741. The minimum Gasteiger partial charge on any atom is -0.494 e. The minimum absolute atomic E-state index is 0.0597. The topological polar surface area (TPSA) is 97.7 Å². The zero-order chi connectivity index (χ0) is 23.8. The lowest BCUT2D eigenvalue weighted by atomic mass is 9.98. The van der Waals surface area contributed by atoms with E-state index in [1.54, 1.807) is 35.2 Å². The normalized spacial score (nSPS) is 14.4. The Balaban J connectivity index is 1.62. The number of nitrogens with two attached hydrogens (primary N) is 1. The highest BCUT2D eigenvalue weighted by Crippen LogP contribution is 2.34. The van der Waals surface area contributed by atoms with Gasteiger partial charge in [-0.25, -0.2) is 4.39 Å². The number of H-pyrrole nitrogens is 1. The molecule has 0 atom stereocenters. The Morgan fingerprint density at radius 1 is 1.03 bits per heavy atom. The predicted molar refractivity (Wildman–Crippen MR) is 128 cm³/mol. The number of nitrogens with zero attached hydrogens (tertiary/aromatic N) is 1. The summed E-state index contributed by atoms with van der Waals surface area (Å²) in [7, 11) is 1.40. The summed E-state index contributed by atoms with van der Waals surface area (Å²) in [6, 6.07) is 13.6. The Morgan fingerprint density at radius 2 is 1.88 bits per heavy atom. The summed E-state index contributed by atoms with van der Waals surface area (Å²) in [5.74, 6) is -1.02. The fraction of sp³-hybridized carbons (Fsp3) is 0.231. The Kier molecular flexibility index (Phi) is 5.67. The van der Waals surface area contributed by atoms with Crippen molar-refractivity contribution in [1.82, 2.24) is 9.88 Å². The van der Waals surface area contributed by atoms with Gasteiger partial charge in [-0.2, -0.15) is 0 Å². The molecule has 2 heterocycles. The standard InChI is InChI=1S/C26H24FN3O4/c1-33-23-6-4-15(13-21(23)27)17-11-19-18-5-3-16(26(32)30-7-2-9-34-10-8-30)14-22(18)29-24(19)20(12-17)25(28)31/h3-6,11-14,29H,2,7-10H2,1H3,(H2,28,31). The van der Waals surface area contributed by atoms with Crippen LogP contribution in [0.15, 0.2) is 48.5 Å². The van der Waals surface area contributed by atoms with Gasteiger partial charge in [0.15, 0.2) is 11.6 Å². The molecule has 0 spiro atoms. The maximum atomic E-state index is 14.3. The van der Waals surface area contributed by atoms with Gasteiger partial charge in [-0.15, -0.1) is 0 Å². The number of aromatic nitrogens is 1. The minimum atomic E-state index is -0.603. The van der Waals surface area contributed by atoms with Crippen molar-refractivity contribution < 1.29 is 23.5 Å². The first-order chi connectivity index (χ1) is 16.5. The number of ether oxygens (including phenoxy) is 2. The van der Waals surface area contributed by atoms with E-state index in [9.17, 15) is 14.0 Å². The lowest BCUT2D eigenvalue weighted by Crippen LogP contribution is -2.33. The molecule has 2 amide bonds. The molecule has 0 saturated carbocycles. The van der Waals surface area contributed by atoms with Crippen molar-refractivity contribution in [2.75, 3.05) is 33.4 Å². The fourth-order valence-corrected chi connectivity index (χ4v) is 4.48. The first-order valence-corrected chi connectivity index (χ1v) is 11.1. The molecule has 1 aliphatic rings. The second kappa shape index (κ2) is 8.79. The maximum absolute atomic E-state index is 14.3. The number of primary amides is 1. The number of halogens is 1. The van der Waals surface area contributed by atoms with Gasteiger partial charge in [0.1, 0.15) is 0 Å². The van der Waals surface area contributed by atoms with E-state index in [1.165, 1.54) is 13.2 Å². The van der Waals surface area contributed by atoms with Crippen molar-refractivity contribution in [3.63, 3.8) is 0 Å². The predicted octanol–water partition coefficient (Wildman–Crippen LogP) is 4.10. The van der Waals surface area contributed by atoms with E-state index in [1.807, 2.05) is 12.1 Å². The molecule has 3 aromatic carbocycles. The highest BCUT2D eigenvalue weighted by molar-refractivity contribution is 6.17. The number of amides is 2. The molecule has 7 nitrogen and oxygen atoms in total. The largest absolute Gasteiger partial charge is 0.494 e. The van der Waals surface area contributed by atoms with Crippen LogP contribution >= 0.6 is 0 Å². The van der Waals surface area contributed by atoms with Gasteiger partial charge in [-0.05, 0) is 53.9 Å². The van der Waals surface area contributed by atoms with Gasteiger partial charge in [0, 0.05) is 41.5 Å². The molecule has 1 fully saturated rings. The molecule has 1 aliphatic heterocycles. The molecule has 0 unspecified atom stereocenters. The number of hydrogen-bond acceptors (Lipinski definition) is 4. The smallest absolute Gasteiger partial charge is 0.254 e. The average molecular weight is 461 g/mol. The van der Waals surface area contributed by atoms with Crippen LogP contribution in [-0.4, -0.2) is 55.1 Å². The Morgan fingerprint density at radius 3 is 2.65 bits per heavy atom. The van der Waals surface area contributed by atoms with Crippen molar-refractivity contribution in [3.8, 4) is 16.9 Å². The molecule has 0 bridgehead atoms. The van der Waals surface area contributed by atoms with Crippen LogP contribution in [0.5, 0.6) is 5.75 Å². The molecule has 0 aliphatic carbocycles. The molecule has 4 aromatic rings. The van der Waals surface area contributed by atoms with Gasteiger partial charge in [-0.3, -0.25) is 9.59 Å². The zero-order valence-corrected chi connectivity index (χ0v) is 18.7. The maximum Gasteiger partial charge on any atom is 0.254 e. The molecule has 8 heteroatoms. The van der Waals surface area contributed by atoms with Crippen molar-refractivity contribution >= 4 is 33.6 Å². The number of fused-ring (bicyclic) bond motifs is 3. The van der Waals surface area contributed by atoms with E-state index >= 15 is 0 Å². The van der Waals surface area contributed by atoms with Crippen LogP contribution in [0, 0.1) is 5.82 Å². The van der Waals surface area contributed by atoms with E-state index in [-0.39, 0.29) is 17.2 Å². The monoisotopic (exact) mass is 461 g/mol. The molecule has 34 heavy (non-hydrogen) atoms. The van der Waals surface area contributed by atoms with Crippen LogP contribution in [0.4, 0.5) is 4.39 Å². The van der Waals surface area contributed by atoms with Crippen LogP contribution in [-0.2, 0) is 4.74 Å². The van der Waals surface area contributed by atoms with Gasteiger partial charge in [0.05, 0.1) is 24.8 Å². The summed E-state index contributed by atoms with van der Waals surface area (Å²) in [6.45, 7) is 2.38. The Labute approximate surface area is 195 Å². The Bertz CT molecular complexity index is 1420. The number of nitrogens with one attached hydrogen (secondary N) is 1. The number of carbonyl (C=O) groups is 2. The summed E-state index contributed by atoms with van der Waals surface area (Å²) in [6.07, 6.45) is 0.803. The van der Waals surface area contributed by atoms with Gasteiger partial charge in [0.2, 0.25) is 0 Å². The van der Waals surface area contributed by atoms with Crippen molar-refractivity contribution in [2.45, 2.75) is 6.42 Å². The number of aromatic amines is 1. The van der Waals surface area contributed by atoms with Gasteiger partial charge < -0.3 is 25.1 Å². The highest BCUT2D eigenvalue weighted by Gasteiger charge is 2.20. The highest BCUT2D eigenvalue weighted by atomic mass is 19.1. The van der Waals surface area contributed by atoms with E-state index in [0.29, 0.717) is 54.0 Å². The van der Waals surface area contributed by atoms with E-state index in [0.717, 1.165) is 17.2 Å². The van der Waals surface area contributed by atoms with Crippen molar-refractivity contribution in [3.05, 3.63) is 65.5 Å². The number of carbonyl (C=O) groups excluding carboxylic acids is 2. The van der Waals surface area contributed by atoms with Crippen molar-refractivity contribution in [1.29, 1.82) is 0 Å². The first-order valence-electron chi connectivity index (χ1n) is 11.1. The van der Waals surface area contributed by atoms with E-state index in [2.05, 4.69) is 4.98 Å². The SMILES string of the molecule is COc1ccc(-c2cc(C(N)=O)c3[nH]c4cc(C(=O)N5CCCOCC5)ccc4c3c2)cc1F. The summed E-state index contributed by atoms with van der Waals surface area (Å²) in [5, 5.41) is 1.60. The molecule has 1 saturated heterocycles. The van der Waals surface area contributed by atoms with Gasteiger partial charge >= 0.3 is 0 Å². The molecule has 1 aromatic heterocycles. The van der Waals surface area contributed by atoms with Crippen LogP contribution < -0.4 is 10.5 Å². The van der Waals surface area contributed by atoms with Crippen LogP contribution in [0.2, 0.25) is 0 Å². The molecule has 0 radical (unpaired) electrons. The third-order valence-electron chi connectivity index (χ3n) is 6.21. The Hall–Kier alpha value is -3.91. The molecule has 3 N–H and O–H groups in total. The van der Waals surface area contributed by atoms with E-state index in [4.69, 9.17) is 15.2 Å². The molecular formula is C26H24FN3O4. The number of rotatable bonds is 4. The second-order valence-electron chi connectivity index (χ2n) is 8.30. The third kappa shape index (κ3) is 3.86. The summed E-state index contributed by atoms with van der Waals surface area (Å²) in [4.78, 5) is 30.4. The van der Waals surface area contributed by atoms with Crippen LogP contribution in [0.3, 0.4) is 0 Å². The number of benzene rings is 3. The lowest BCUT2D eigenvalue weighted by Gasteiger charge is -2.19. The second-order valence-corrected chi connectivity index (χ2v) is 8.30. The summed E-state index contributed by atoms with van der Waals surface area (Å²) in [5.41, 5.74) is 9.06. The third-order valence-corrected chi connectivity index (χ3v) is 6.21. The van der Waals surface area contributed by atoms with Crippen LogP contribution in [0.25, 0.3) is 32.9 Å². The van der Waals surface area contributed by atoms with Crippen LogP contribution in [0.1, 0.15) is 27.1 Å². The molecule has 5 rings (SSSR count). The molecular weight excluding hydrogens is 437 g/mol. The number of methoxy groups -OCH3 is 1. The fourth-order valence-electron chi connectivity index (χ4n) is 4.48. The first kappa shape index (κ1) is 21.9. The average Bonchev–Trinajstić information content (AvgIpc) is 3.00. The van der Waals surface area contributed by atoms with Crippen molar-refractivity contribution in [2.24, 2.45) is 5.73 Å². The molecule has 174 valence electrons.